The molecule has 2 unspecified atom stereocenters. The summed E-state index contributed by atoms with van der Waals surface area (Å²) in [5.74, 6) is 0.859. The zero-order chi connectivity index (χ0) is 15.4. The SMILES string of the molecule is Cc1ccccc1CN1CC(C)CC(NC(=O)C(C)C)C1. The second kappa shape index (κ2) is 7.08. The zero-order valence-electron chi connectivity index (χ0n) is 13.7. The van der Waals surface area contributed by atoms with Crippen molar-refractivity contribution in [2.75, 3.05) is 13.1 Å². The molecule has 21 heavy (non-hydrogen) atoms. The van der Waals surface area contributed by atoms with Crippen LogP contribution in [-0.4, -0.2) is 29.9 Å². The molecule has 1 aromatic carbocycles. The van der Waals surface area contributed by atoms with Gasteiger partial charge in [-0.25, -0.2) is 0 Å². The highest BCUT2D eigenvalue weighted by Crippen LogP contribution is 2.20. The lowest BCUT2D eigenvalue weighted by Crippen LogP contribution is -2.50. The molecule has 0 radical (unpaired) electrons. The summed E-state index contributed by atoms with van der Waals surface area (Å²) in [5, 5.41) is 3.20. The van der Waals surface area contributed by atoms with Gasteiger partial charge in [0.15, 0.2) is 0 Å². The Morgan fingerprint density at radius 2 is 2.05 bits per heavy atom. The molecular formula is C18H28N2O. The van der Waals surface area contributed by atoms with Gasteiger partial charge in [0.1, 0.15) is 0 Å². The van der Waals surface area contributed by atoms with Crippen LogP contribution in [0.2, 0.25) is 0 Å². The van der Waals surface area contributed by atoms with Crippen molar-refractivity contribution in [1.29, 1.82) is 0 Å². The van der Waals surface area contributed by atoms with E-state index in [1.54, 1.807) is 0 Å². The van der Waals surface area contributed by atoms with Gasteiger partial charge in [-0.1, -0.05) is 45.0 Å². The monoisotopic (exact) mass is 288 g/mol. The zero-order valence-corrected chi connectivity index (χ0v) is 13.7. The van der Waals surface area contributed by atoms with Crippen LogP contribution in [0.1, 0.15) is 38.3 Å². The second-order valence-electron chi connectivity index (χ2n) is 6.82. The Kier molecular flexibility index (Phi) is 5.40. The molecule has 1 fully saturated rings. The van der Waals surface area contributed by atoms with E-state index in [1.165, 1.54) is 11.1 Å². The van der Waals surface area contributed by atoms with Crippen molar-refractivity contribution < 1.29 is 4.79 Å². The van der Waals surface area contributed by atoms with Gasteiger partial charge in [-0.2, -0.15) is 0 Å². The molecule has 1 saturated heterocycles. The highest BCUT2D eigenvalue weighted by atomic mass is 16.1. The molecule has 0 spiro atoms. The Morgan fingerprint density at radius 3 is 2.71 bits per heavy atom. The molecule has 0 saturated carbocycles. The van der Waals surface area contributed by atoms with Gasteiger partial charge in [0.25, 0.3) is 0 Å². The van der Waals surface area contributed by atoms with Crippen molar-refractivity contribution in [2.24, 2.45) is 11.8 Å². The number of carbonyl (C=O) groups excluding carboxylic acids is 1. The first-order chi connectivity index (χ1) is 9.95. The molecule has 1 aromatic rings. The summed E-state index contributed by atoms with van der Waals surface area (Å²) < 4.78 is 0. The third kappa shape index (κ3) is 4.57. The topological polar surface area (TPSA) is 32.3 Å². The standard InChI is InChI=1S/C18H28N2O/c1-13(2)18(21)19-17-9-14(3)10-20(12-17)11-16-8-6-5-7-15(16)4/h5-8,13-14,17H,9-12H2,1-4H3,(H,19,21). The maximum atomic E-state index is 11.9. The van der Waals surface area contributed by atoms with E-state index in [9.17, 15) is 4.79 Å². The van der Waals surface area contributed by atoms with Crippen LogP contribution in [0.3, 0.4) is 0 Å². The summed E-state index contributed by atoms with van der Waals surface area (Å²) in [6, 6.07) is 8.85. The number of hydrogen-bond donors (Lipinski definition) is 1. The lowest BCUT2D eigenvalue weighted by atomic mass is 9.94. The fraction of sp³-hybridized carbons (Fsp3) is 0.611. The van der Waals surface area contributed by atoms with E-state index < -0.39 is 0 Å². The lowest BCUT2D eigenvalue weighted by molar-refractivity contribution is -0.125. The van der Waals surface area contributed by atoms with Gasteiger partial charge in [0.2, 0.25) is 5.91 Å². The highest BCUT2D eigenvalue weighted by Gasteiger charge is 2.26. The van der Waals surface area contributed by atoms with Gasteiger partial charge in [-0.05, 0) is 30.4 Å². The number of carbonyl (C=O) groups is 1. The van der Waals surface area contributed by atoms with Crippen LogP contribution in [0, 0.1) is 18.8 Å². The smallest absolute Gasteiger partial charge is 0.222 e. The number of amides is 1. The molecule has 3 heteroatoms. The molecule has 2 atom stereocenters. The van der Waals surface area contributed by atoms with Gasteiger partial charge < -0.3 is 5.32 Å². The summed E-state index contributed by atoms with van der Waals surface area (Å²) >= 11 is 0. The van der Waals surface area contributed by atoms with Crippen LogP contribution in [0.4, 0.5) is 0 Å². The Hall–Kier alpha value is -1.35. The minimum atomic E-state index is 0.0621. The average molecular weight is 288 g/mol. The summed E-state index contributed by atoms with van der Waals surface area (Å²) in [7, 11) is 0. The number of nitrogens with one attached hydrogen (secondary N) is 1. The molecule has 0 aromatic heterocycles. The van der Waals surface area contributed by atoms with Crippen LogP contribution in [0.5, 0.6) is 0 Å². The van der Waals surface area contributed by atoms with E-state index in [-0.39, 0.29) is 17.9 Å². The molecule has 0 bridgehead atoms. The Bertz CT molecular complexity index is 484. The maximum absolute atomic E-state index is 11.9. The second-order valence-corrected chi connectivity index (χ2v) is 6.82. The number of rotatable bonds is 4. The van der Waals surface area contributed by atoms with Crippen LogP contribution in [0.15, 0.2) is 24.3 Å². The first-order valence-corrected chi connectivity index (χ1v) is 8.03. The summed E-state index contributed by atoms with van der Waals surface area (Å²) in [4.78, 5) is 14.4. The molecule has 116 valence electrons. The number of hydrogen-bond acceptors (Lipinski definition) is 2. The Morgan fingerprint density at radius 1 is 1.33 bits per heavy atom. The van der Waals surface area contributed by atoms with Crippen LogP contribution in [-0.2, 0) is 11.3 Å². The van der Waals surface area contributed by atoms with Crippen molar-refractivity contribution in [1.82, 2.24) is 10.2 Å². The first kappa shape index (κ1) is 16.0. The van der Waals surface area contributed by atoms with Gasteiger partial charge in [0, 0.05) is 31.6 Å². The Labute approximate surface area is 128 Å². The summed E-state index contributed by atoms with van der Waals surface area (Å²) in [6.07, 6.45) is 1.09. The summed E-state index contributed by atoms with van der Waals surface area (Å²) in [6.45, 7) is 11.4. The van der Waals surface area contributed by atoms with Gasteiger partial charge in [0.05, 0.1) is 0 Å². The third-order valence-electron chi connectivity index (χ3n) is 4.26. The minimum absolute atomic E-state index is 0.0621. The van der Waals surface area contributed by atoms with Crippen molar-refractivity contribution in [3.8, 4) is 0 Å². The molecule has 3 nitrogen and oxygen atoms in total. The molecule has 2 rings (SSSR count). The fourth-order valence-electron chi connectivity index (χ4n) is 3.09. The fourth-order valence-corrected chi connectivity index (χ4v) is 3.09. The number of benzene rings is 1. The van der Waals surface area contributed by atoms with E-state index in [1.807, 2.05) is 13.8 Å². The van der Waals surface area contributed by atoms with Crippen molar-refractivity contribution in [3.05, 3.63) is 35.4 Å². The van der Waals surface area contributed by atoms with Gasteiger partial charge >= 0.3 is 0 Å². The predicted octanol–water partition coefficient (Wildman–Crippen LogP) is 2.98. The lowest BCUT2D eigenvalue weighted by Gasteiger charge is -2.37. The van der Waals surface area contributed by atoms with E-state index >= 15 is 0 Å². The minimum Gasteiger partial charge on any atom is -0.352 e. The van der Waals surface area contributed by atoms with E-state index in [0.717, 1.165) is 26.1 Å². The molecule has 1 aliphatic heterocycles. The van der Waals surface area contributed by atoms with E-state index in [4.69, 9.17) is 0 Å². The maximum Gasteiger partial charge on any atom is 0.222 e. The molecule has 1 heterocycles. The van der Waals surface area contributed by atoms with Crippen LogP contribution >= 0.6 is 0 Å². The van der Waals surface area contributed by atoms with Crippen molar-refractivity contribution >= 4 is 5.91 Å². The molecule has 1 aliphatic rings. The number of nitrogens with zero attached hydrogens (tertiary/aromatic N) is 1. The van der Waals surface area contributed by atoms with Gasteiger partial charge in [-0.15, -0.1) is 0 Å². The summed E-state index contributed by atoms with van der Waals surface area (Å²) in [5.41, 5.74) is 2.74. The van der Waals surface area contributed by atoms with Gasteiger partial charge in [-0.3, -0.25) is 9.69 Å². The molecular weight excluding hydrogens is 260 g/mol. The number of aryl methyl sites for hydroxylation is 1. The molecule has 0 aliphatic carbocycles. The van der Waals surface area contributed by atoms with E-state index in [0.29, 0.717) is 5.92 Å². The quantitative estimate of drug-likeness (QED) is 0.924. The molecule has 1 amide bonds. The highest BCUT2D eigenvalue weighted by molar-refractivity contribution is 5.78. The van der Waals surface area contributed by atoms with Crippen molar-refractivity contribution in [3.63, 3.8) is 0 Å². The average Bonchev–Trinajstić information content (AvgIpc) is 2.40. The normalized spacial score (nSPS) is 23.3. The van der Waals surface area contributed by atoms with E-state index in [2.05, 4.69) is 48.3 Å². The molecule has 1 N–H and O–H groups in total. The first-order valence-electron chi connectivity index (χ1n) is 8.03. The third-order valence-corrected chi connectivity index (χ3v) is 4.26. The number of piperidine rings is 1. The number of likely N-dealkylation sites (tertiary alicyclic amines) is 1. The van der Waals surface area contributed by atoms with Crippen molar-refractivity contribution in [2.45, 2.75) is 46.7 Å². The Balaban J connectivity index is 1.97. The largest absolute Gasteiger partial charge is 0.352 e. The predicted molar refractivity (Wildman–Crippen MR) is 87.0 cm³/mol. The van der Waals surface area contributed by atoms with Crippen LogP contribution in [0.25, 0.3) is 0 Å². The van der Waals surface area contributed by atoms with Crippen LogP contribution < -0.4 is 5.32 Å².